The largest absolute Gasteiger partial charge is 0.495 e. The van der Waals surface area contributed by atoms with Crippen molar-refractivity contribution in [1.29, 1.82) is 0 Å². The van der Waals surface area contributed by atoms with Crippen molar-refractivity contribution in [3.63, 3.8) is 0 Å². The third-order valence-electron chi connectivity index (χ3n) is 10.2. The van der Waals surface area contributed by atoms with Gasteiger partial charge in [-0.15, -0.1) is 0 Å². The minimum atomic E-state index is -0.488. The van der Waals surface area contributed by atoms with Crippen molar-refractivity contribution >= 4 is 52.5 Å². The number of hydrogen-bond donors (Lipinski definition) is 0. The van der Waals surface area contributed by atoms with Crippen LogP contribution in [0.25, 0.3) is 22.8 Å². The van der Waals surface area contributed by atoms with E-state index in [9.17, 15) is 0 Å². The molecule has 45 heavy (non-hydrogen) atoms. The summed E-state index contributed by atoms with van der Waals surface area (Å²) in [6.07, 6.45) is 23.3. The summed E-state index contributed by atoms with van der Waals surface area (Å²) < 4.78 is 12.8. The van der Waals surface area contributed by atoms with Gasteiger partial charge in [-0.1, -0.05) is 85.7 Å². The van der Waals surface area contributed by atoms with Gasteiger partial charge in [-0.2, -0.15) is 0 Å². The second kappa shape index (κ2) is 12.5. The molecule has 0 saturated carbocycles. The number of hydrogen-bond acceptors (Lipinski definition) is 5. The Morgan fingerprint density at radius 2 is 1.82 bits per heavy atom. The van der Waals surface area contributed by atoms with Crippen LogP contribution in [0.2, 0.25) is 0 Å². The van der Waals surface area contributed by atoms with Crippen LogP contribution in [0.3, 0.4) is 0 Å². The second-order valence-electron chi connectivity index (χ2n) is 13.7. The van der Waals surface area contributed by atoms with E-state index in [1.54, 1.807) is 0 Å². The number of fused-ring (bicyclic) bond motifs is 1. The van der Waals surface area contributed by atoms with Gasteiger partial charge in [0.15, 0.2) is 17.5 Å². The number of nitrogens with zero attached hydrogens (tertiary/aromatic N) is 3. The zero-order valence-electron chi connectivity index (χ0n) is 27.1. The van der Waals surface area contributed by atoms with Crippen LogP contribution < -0.4 is 0 Å². The molecule has 232 valence electrons. The summed E-state index contributed by atoms with van der Waals surface area (Å²) in [4.78, 5) is 15.5. The Bertz CT molecular complexity index is 1700. The van der Waals surface area contributed by atoms with Crippen LogP contribution in [-0.2, 0) is 15.7 Å². The lowest BCUT2D eigenvalue weighted by Crippen LogP contribution is -2.28. The fourth-order valence-corrected chi connectivity index (χ4v) is 7.73. The molecule has 0 radical (unpaired) electrons. The standard InChI is InChI=1S/C38H43BIN3O2/c1-23-15-16-28-20-25(3)33(21-30(28)19-23)29-17-18-32(34(22-29)39-44-26(4)38(5,40)45-39)37-42-35(27-12-7-6-8-13-27)41-36(43-37)31-14-10-9-11-24(31)2/h6-7,12,14-16,18-19,21-22,24-26,29H,8-11,13,17,20H2,1-5H3/t24-,25+,26?,29?,38?/m0/s1. The molecule has 5 aliphatic rings. The number of aromatic nitrogens is 3. The Hall–Kier alpha value is -2.62. The molecule has 1 saturated heterocycles. The highest BCUT2D eigenvalue weighted by molar-refractivity contribution is 14.1. The molecule has 1 aromatic heterocycles. The lowest BCUT2D eigenvalue weighted by molar-refractivity contribution is 0.172. The first kappa shape index (κ1) is 31.0. The molecule has 3 unspecified atom stereocenters. The van der Waals surface area contributed by atoms with E-state index in [2.05, 4.69) is 118 Å². The summed E-state index contributed by atoms with van der Waals surface area (Å²) in [7, 11) is -0.488. The Kier molecular flexibility index (Phi) is 8.64. The van der Waals surface area contributed by atoms with Gasteiger partial charge in [-0.05, 0) is 128 Å². The van der Waals surface area contributed by atoms with E-state index in [-0.39, 0.29) is 12.0 Å². The van der Waals surface area contributed by atoms with Gasteiger partial charge in [0.1, 0.15) is 3.61 Å². The maximum absolute atomic E-state index is 6.63. The molecule has 1 fully saturated rings. The maximum Gasteiger partial charge on any atom is 0.495 e. The Balaban J connectivity index is 1.33. The van der Waals surface area contributed by atoms with Crippen molar-refractivity contribution < 1.29 is 9.31 Å². The minimum Gasteiger partial charge on any atom is -0.401 e. The highest BCUT2D eigenvalue weighted by Crippen LogP contribution is 2.44. The summed E-state index contributed by atoms with van der Waals surface area (Å²) in [5.41, 5.74) is 10.0. The molecule has 1 aliphatic heterocycles. The number of rotatable bonds is 5. The van der Waals surface area contributed by atoms with E-state index >= 15 is 0 Å². The molecule has 2 heterocycles. The quantitative estimate of drug-likeness (QED) is 0.176. The highest BCUT2D eigenvalue weighted by atomic mass is 127. The number of aryl methyl sites for hydroxylation is 1. The summed E-state index contributed by atoms with van der Waals surface area (Å²) in [5.74, 6) is 3.46. The molecule has 0 N–H and O–H groups in total. The number of allylic oxidation sites excluding steroid dienone is 11. The SMILES string of the molecule is Cc1ccc2c(c1)C=C(C1C=C(B3OC(C)C(C)(I)O3)C(c3nc(C4=CC=CCC4)nc(C4=CCCC[C@@H]4C)n3)=CC1)[C@H](C)C2. The molecule has 1 aromatic carbocycles. The van der Waals surface area contributed by atoms with Crippen LogP contribution in [-0.4, -0.2) is 31.8 Å². The normalized spacial score (nSPS) is 29.8. The lowest BCUT2D eigenvalue weighted by Gasteiger charge is -2.31. The van der Waals surface area contributed by atoms with Crippen molar-refractivity contribution in [3.05, 3.63) is 99.9 Å². The van der Waals surface area contributed by atoms with Gasteiger partial charge >= 0.3 is 7.12 Å². The van der Waals surface area contributed by atoms with Crippen LogP contribution in [0.5, 0.6) is 0 Å². The van der Waals surface area contributed by atoms with Gasteiger partial charge in [0, 0.05) is 11.5 Å². The van der Waals surface area contributed by atoms with Crippen molar-refractivity contribution in [1.82, 2.24) is 15.0 Å². The molecule has 0 amide bonds. The topological polar surface area (TPSA) is 57.1 Å². The summed E-state index contributed by atoms with van der Waals surface area (Å²) >= 11 is 2.38. The number of alkyl halides is 1. The van der Waals surface area contributed by atoms with Gasteiger partial charge < -0.3 is 9.31 Å². The highest BCUT2D eigenvalue weighted by Gasteiger charge is 2.48. The molecular weight excluding hydrogens is 668 g/mol. The first-order chi connectivity index (χ1) is 21.7. The first-order valence-electron chi connectivity index (χ1n) is 16.7. The Morgan fingerprint density at radius 3 is 2.58 bits per heavy atom. The summed E-state index contributed by atoms with van der Waals surface area (Å²) in [6, 6.07) is 6.86. The first-order valence-corrected chi connectivity index (χ1v) is 17.8. The van der Waals surface area contributed by atoms with E-state index < -0.39 is 10.7 Å². The molecule has 5 atom stereocenters. The van der Waals surface area contributed by atoms with E-state index in [0.717, 1.165) is 67.0 Å². The van der Waals surface area contributed by atoms with Crippen LogP contribution >= 0.6 is 22.6 Å². The van der Waals surface area contributed by atoms with Gasteiger partial charge in [0.05, 0.1) is 6.10 Å². The van der Waals surface area contributed by atoms with Crippen molar-refractivity contribution in [3.8, 4) is 0 Å². The average molecular weight is 711 g/mol. The molecule has 2 aromatic rings. The predicted octanol–water partition coefficient (Wildman–Crippen LogP) is 9.34. The molecule has 4 aliphatic carbocycles. The van der Waals surface area contributed by atoms with E-state index in [1.807, 2.05) is 0 Å². The lowest BCUT2D eigenvalue weighted by atomic mass is 9.66. The third kappa shape index (κ3) is 6.25. The van der Waals surface area contributed by atoms with E-state index in [0.29, 0.717) is 11.8 Å². The monoisotopic (exact) mass is 711 g/mol. The fourth-order valence-electron chi connectivity index (χ4n) is 7.36. The smallest absolute Gasteiger partial charge is 0.401 e. The zero-order chi connectivity index (χ0) is 31.3. The molecule has 0 bridgehead atoms. The van der Waals surface area contributed by atoms with Crippen LogP contribution in [0.15, 0.2) is 65.7 Å². The van der Waals surface area contributed by atoms with Crippen molar-refractivity contribution in [2.75, 3.05) is 0 Å². The van der Waals surface area contributed by atoms with E-state index in [4.69, 9.17) is 24.3 Å². The Morgan fingerprint density at radius 1 is 1.00 bits per heavy atom. The molecular formula is C38H43BIN3O2. The predicted molar refractivity (Wildman–Crippen MR) is 193 cm³/mol. The minimum absolute atomic E-state index is 0.0507. The van der Waals surface area contributed by atoms with Crippen molar-refractivity contribution in [2.24, 2.45) is 17.8 Å². The van der Waals surface area contributed by atoms with Gasteiger partial charge in [0.2, 0.25) is 0 Å². The average Bonchev–Trinajstić information content (AvgIpc) is 3.32. The van der Waals surface area contributed by atoms with Gasteiger partial charge in [-0.3, -0.25) is 0 Å². The van der Waals surface area contributed by atoms with Crippen LogP contribution in [0.4, 0.5) is 0 Å². The van der Waals surface area contributed by atoms with E-state index in [1.165, 1.54) is 39.8 Å². The zero-order valence-corrected chi connectivity index (χ0v) is 29.3. The fraction of sp³-hybridized carbons (Fsp3) is 0.447. The summed E-state index contributed by atoms with van der Waals surface area (Å²) in [6.45, 7) is 11.0. The molecule has 7 rings (SSSR count). The number of benzene rings is 1. The van der Waals surface area contributed by atoms with Gasteiger partial charge in [0.25, 0.3) is 0 Å². The Labute approximate surface area is 282 Å². The molecule has 0 spiro atoms. The van der Waals surface area contributed by atoms with Gasteiger partial charge in [-0.25, -0.2) is 15.0 Å². The summed E-state index contributed by atoms with van der Waals surface area (Å²) in [5, 5.41) is 0. The third-order valence-corrected chi connectivity index (χ3v) is 11.4. The van der Waals surface area contributed by atoms with Crippen LogP contribution in [0.1, 0.15) is 100 Å². The second-order valence-corrected chi connectivity index (χ2v) is 15.8. The van der Waals surface area contributed by atoms with Crippen LogP contribution in [0, 0.1) is 24.7 Å². The van der Waals surface area contributed by atoms with Crippen molar-refractivity contribution in [2.45, 2.75) is 89.3 Å². The number of halogens is 1. The molecule has 5 nitrogen and oxygen atoms in total. The maximum atomic E-state index is 6.63. The molecule has 7 heteroatoms.